The Hall–Kier alpha value is -1.08. The van der Waals surface area contributed by atoms with Crippen LogP contribution in [0, 0.1) is 6.57 Å². The third kappa shape index (κ3) is 1.88. The van der Waals surface area contributed by atoms with E-state index in [1.807, 2.05) is 13.0 Å². The minimum absolute atomic E-state index is 0.430. The lowest BCUT2D eigenvalue weighted by Crippen LogP contribution is -2.35. The van der Waals surface area contributed by atoms with Crippen molar-refractivity contribution in [1.82, 2.24) is 0 Å². The average molecular weight is 211 g/mol. The predicted octanol–water partition coefficient (Wildman–Crippen LogP) is 1.94. The van der Waals surface area contributed by atoms with Crippen LogP contribution in [0.25, 0.3) is 4.85 Å². The summed E-state index contributed by atoms with van der Waals surface area (Å²) in [7, 11) is -3.34. The molecule has 0 bridgehead atoms. The fourth-order valence-electron chi connectivity index (χ4n) is 1.27. The van der Waals surface area contributed by atoms with E-state index in [0.717, 1.165) is 5.57 Å². The SMILES string of the molecule is [C-]#[N+]CS(=O)(=O)C1(C)C=CC(C)=CC1. The molecule has 0 spiro atoms. The van der Waals surface area contributed by atoms with Crippen molar-refractivity contribution in [2.45, 2.75) is 25.0 Å². The number of nitrogens with zero attached hydrogens (tertiary/aromatic N) is 1. The van der Waals surface area contributed by atoms with Crippen molar-refractivity contribution < 1.29 is 8.42 Å². The van der Waals surface area contributed by atoms with Gasteiger partial charge < -0.3 is 0 Å². The van der Waals surface area contributed by atoms with Crippen molar-refractivity contribution in [2.24, 2.45) is 0 Å². The van der Waals surface area contributed by atoms with Gasteiger partial charge in [-0.2, -0.15) is 0 Å². The Balaban J connectivity index is 3.02. The first-order valence-corrected chi connectivity index (χ1v) is 5.98. The minimum atomic E-state index is -3.34. The zero-order valence-electron chi connectivity index (χ0n) is 8.32. The predicted molar refractivity (Wildman–Crippen MR) is 56.3 cm³/mol. The van der Waals surface area contributed by atoms with Crippen LogP contribution in [0.1, 0.15) is 20.3 Å². The van der Waals surface area contributed by atoms with Crippen molar-refractivity contribution in [1.29, 1.82) is 0 Å². The Kier molecular flexibility index (Phi) is 2.81. The van der Waals surface area contributed by atoms with Gasteiger partial charge in [-0.3, -0.25) is 4.85 Å². The lowest BCUT2D eigenvalue weighted by atomic mass is 9.98. The van der Waals surface area contributed by atoms with Crippen LogP contribution in [0.5, 0.6) is 0 Å². The molecule has 0 aromatic heterocycles. The second kappa shape index (κ2) is 3.58. The molecule has 0 fully saturated rings. The van der Waals surface area contributed by atoms with Gasteiger partial charge in [-0.25, -0.2) is 15.0 Å². The topological polar surface area (TPSA) is 38.5 Å². The van der Waals surface area contributed by atoms with Gasteiger partial charge in [0.1, 0.15) is 0 Å². The van der Waals surface area contributed by atoms with Crippen LogP contribution in [-0.4, -0.2) is 19.0 Å². The van der Waals surface area contributed by atoms with Gasteiger partial charge in [-0.05, 0) is 20.3 Å². The van der Waals surface area contributed by atoms with Gasteiger partial charge in [0.25, 0.3) is 0 Å². The first kappa shape index (κ1) is 11.0. The molecule has 0 aliphatic heterocycles. The molecule has 0 radical (unpaired) electrons. The van der Waals surface area contributed by atoms with Gasteiger partial charge in [-0.1, -0.05) is 23.8 Å². The standard InChI is InChI=1S/C10H13NO2S/c1-9-4-6-10(2,7-5-9)14(12,13)8-11-3/h4-6H,7-8H2,1-2H3. The van der Waals surface area contributed by atoms with E-state index in [9.17, 15) is 8.42 Å². The fourth-order valence-corrected chi connectivity index (χ4v) is 2.35. The highest BCUT2D eigenvalue weighted by molar-refractivity contribution is 7.93. The van der Waals surface area contributed by atoms with Crippen LogP contribution in [-0.2, 0) is 9.84 Å². The number of sulfone groups is 1. The molecule has 0 N–H and O–H groups in total. The summed E-state index contributed by atoms with van der Waals surface area (Å²) in [4.78, 5) is 2.95. The maximum absolute atomic E-state index is 11.7. The maximum atomic E-state index is 11.7. The number of hydrogen-bond donors (Lipinski definition) is 0. The molecule has 3 nitrogen and oxygen atoms in total. The molecule has 1 aliphatic carbocycles. The Bertz CT molecular complexity index is 426. The molecule has 1 rings (SSSR count). The van der Waals surface area contributed by atoms with E-state index in [1.165, 1.54) is 0 Å². The molecule has 76 valence electrons. The number of rotatable bonds is 2. The third-order valence-electron chi connectivity index (χ3n) is 2.47. The second-order valence-electron chi connectivity index (χ2n) is 3.70. The molecule has 0 saturated carbocycles. The lowest BCUT2D eigenvalue weighted by molar-refractivity contribution is 0.565. The quantitative estimate of drug-likeness (QED) is 0.655. The summed E-state index contributed by atoms with van der Waals surface area (Å²) >= 11 is 0. The highest BCUT2D eigenvalue weighted by atomic mass is 32.2. The second-order valence-corrected chi connectivity index (χ2v) is 6.12. The first-order chi connectivity index (χ1) is 6.41. The molecule has 4 heteroatoms. The molecule has 0 heterocycles. The van der Waals surface area contributed by atoms with Gasteiger partial charge in [0, 0.05) is 0 Å². The molecule has 1 atom stereocenters. The third-order valence-corrected chi connectivity index (χ3v) is 4.67. The van der Waals surface area contributed by atoms with E-state index >= 15 is 0 Å². The molecule has 14 heavy (non-hydrogen) atoms. The smallest absolute Gasteiger partial charge is 0.300 e. The maximum Gasteiger partial charge on any atom is 0.313 e. The van der Waals surface area contributed by atoms with Crippen LogP contribution in [0.2, 0.25) is 0 Å². The van der Waals surface area contributed by atoms with Gasteiger partial charge in [0.05, 0.1) is 4.75 Å². The zero-order chi connectivity index (χ0) is 10.8. The largest absolute Gasteiger partial charge is 0.313 e. The molecule has 0 amide bonds. The molecule has 0 aromatic carbocycles. The van der Waals surface area contributed by atoms with Gasteiger partial charge in [0.2, 0.25) is 9.84 Å². The Morgan fingerprint density at radius 1 is 1.64 bits per heavy atom. The normalized spacial score (nSPS) is 26.8. The Morgan fingerprint density at radius 3 is 2.71 bits per heavy atom. The van der Waals surface area contributed by atoms with E-state index in [-0.39, 0.29) is 0 Å². The van der Waals surface area contributed by atoms with Crippen molar-refractivity contribution in [3.05, 3.63) is 35.2 Å². The summed E-state index contributed by atoms with van der Waals surface area (Å²) in [5.74, 6) is -0.430. The summed E-state index contributed by atoms with van der Waals surface area (Å²) in [5, 5.41) is 0. The van der Waals surface area contributed by atoms with Crippen molar-refractivity contribution in [3.63, 3.8) is 0 Å². The van der Waals surface area contributed by atoms with Crippen LogP contribution < -0.4 is 0 Å². The summed E-state index contributed by atoms with van der Waals surface area (Å²) in [5.41, 5.74) is 1.07. The first-order valence-electron chi connectivity index (χ1n) is 4.33. The van der Waals surface area contributed by atoms with Gasteiger partial charge >= 0.3 is 5.88 Å². The highest BCUT2D eigenvalue weighted by Crippen LogP contribution is 2.29. The van der Waals surface area contributed by atoms with Crippen LogP contribution in [0.3, 0.4) is 0 Å². The molecular weight excluding hydrogens is 198 g/mol. The summed E-state index contributed by atoms with van der Waals surface area (Å²) in [6, 6.07) is 0. The van der Waals surface area contributed by atoms with Gasteiger partial charge in [-0.15, -0.1) is 0 Å². The molecular formula is C10H13NO2S. The van der Waals surface area contributed by atoms with Crippen LogP contribution in [0.4, 0.5) is 0 Å². The number of hydrogen-bond acceptors (Lipinski definition) is 2. The summed E-state index contributed by atoms with van der Waals surface area (Å²) in [6.07, 6.45) is 5.84. The molecule has 0 aromatic rings. The molecule has 1 aliphatic rings. The Labute approximate surface area is 84.9 Å². The van der Waals surface area contributed by atoms with Crippen LogP contribution in [0.15, 0.2) is 23.8 Å². The average Bonchev–Trinajstić information content (AvgIpc) is 2.10. The van der Waals surface area contributed by atoms with E-state index in [4.69, 9.17) is 6.57 Å². The highest BCUT2D eigenvalue weighted by Gasteiger charge is 2.38. The number of allylic oxidation sites excluding steroid dienone is 3. The minimum Gasteiger partial charge on any atom is -0.300 e. The van der Waals surface area contributed by atoms with Crippen molar-refractivity contribution in [2.75, 3.05) is 5.88 Å². The zero-order valence-corrected chi connectivity index (χ0v) is 9.13. The Morgan fingerprint density at radius 2 is 2.29 bits per heavy atom. The van der Waals surface area contributed by atoms with Crippen LogP contribution >= 0.6 is 0 Å². The lowest BCUT2D eigenvalue weighted by Gasteiger charge is -2.24. The molecule has 1 unspecified atom stereocenters. The fraction of sp³-hybridized carbons (Fsp3) is 0.500. The summed E-state index contributed by atoms with van der Waals surface area (Å²) in [6.45, 7) is 10.2. The molecule has 0 saturated heterocycles. The van der Waals surface area contributed by atoms with E-state index in [1.54, 1.807) is 19.1 Å². The summed E-state index contributed by atoms with van der Waals surface area (Å²) < 4.78 is 22.5. The van der Waals surface area contributed by atoms with E-state index in [2.05, 4.69) is 4.85 Å². The van der Waals surface area contributed by atoms with E-state index in [0.29, 0.717) is 6.42 Å². The van der Waals surface area contributed by atoms with E-state index < -0.39 is 20.5 Å². The monoisotopic (exact) mass is 211 g/mol. The van der Waals surface area contributed by atoms with Gasteiger partial charge in [0.15, 0.2) is 0 Å². The van der Waals surface area contributed by atoms with Crippen molar-refractivity contribution in [3.8, 4) is 0 Å². The van der Waals surface area contributed by atoms with Crippen molar-refractivity contribution >= 4 is 9.84 Å².